The quantitative estimate of drug-likeness (QED) is 0.535. The number of rotatable bonds is 5. The molecule has 2 aromatic carbocycles. The molecule has 4 nitrogen and oxygen atoms in total. The first-order chi connectivity index (χ1) is 13.4. The summed E-state index contributed by atoms with van der Waals surface area (Å²) >= 11 is 1.41. The third-order valence-corrected chi connectivity index (χ3v) is 5.24. The van der Waals surface area contributed by atoms with Crippen molar-refractivity contribution >= 4 is 39.7 Å². The number of amides is 1. The second-order valence-electron chi connectivity index (χ2n) is 7.08. The van der Waals surface area contributed by atoms with Gasteiger partial charge in [0.2, 0.25) is 0 Å². The summed E-state index contributed by atoms with van der Waals surface area (Å²) in [5.74, 6) is 3.14. The normalized spacial score (nSPS) is 17.3. The van der Waals surface area contributed by atoms with Crippen LogP contribution in [0.3, 0.4) is 0 Å². The molecular formula is C23H24N2O2S. The van der Waals surface area contributed by atoms with Gasteiger partial charge in [0, 0.05) is 17.6 Å². The van der Waals surface area contributed by atoms with Crippen LogP contribution in [0.25, 0.3) is 16.8 Å². The molecule has 28 heavy (non-hydrogen) atoms. The summed E-state index contributed by atoms with van der Waals surface area (Å²) in [7, 11) is 0. The number of aliphatic imine (C=N–C) groups is 1. The molecule has 0 spiro atoms. The number of nitrogens with zero attached hydrogens (tertiary/aromatic N) is 2. The van der Waals surface area contributed by atoms with Gasteiger partial charge in [0.05, 0.1) is 4.91 Å². The Balaban J connectivity index is 2.13. The van der Waals surface area contributed by atoms with Crippen LogP contribution in [0.15, 0.2) is 46.3 Å². The van der Waals surface area contributed by atoms with Crippen molar-refractivity contribution in [3.8, 4) is 18.1 Å². The molecule has 1 saturated heterocycles. The van der Waals surface area contributed by atoms with E-state index in [2.05, 4.69) is 10.9 Å². The maximum absolute atomic E-state index is 13.1. The lowest BCUT2D eigenvalue weighted by molar-refractivity contribution is -0.123. The van der Waals surface area contributed by atoms with Gasteiger partial charge < -0.3 is 4.74 Å². The predicted octanol–water partition coefficient (Wildman–Crippen LogP) is 4.94. The Labute approximate surface area is 170 Å². The van der Waals surface area contributed by atoms with Crippen molar-refractivity contribution in [1.29, 1.82) is 0 Å². The average molecular weight is 393 g/mol. The topological polar surface area (TPSA) is 41.9 Å². The van der Waals surface area contributed by atoms with Crippen LogP contribution in [0.2, 0.25) is 0 Å². The minimum Gasteiger partial charge on any atom is -0.480 e. The van der Waals surface area contributed by atoms with Gasteiger partial charge in [0.25, 0.3) is 5.91 Å². The van der Waals surface area contributed by atoms with E-state index in [4.69, 9.17) is 11.2 Å². The number of benzene rings is 2. The molecule has 5 heteroatoms. The van der Waals surface area contributed by atoms with Crippen molar-refractivity contribution in [3.63, 3.8) is 0 Å². The third-order valence-electron chi connectivity index (χ3n) is 4.24. The zero-order valence-corrected chi connectivity index (χ0v) is 17.4. The molecule has 144 valence electrons. The number of carbonyl (C=O) groups is 1. The molecule has 1 aliphatic heterocycles. The molecule has 2 aromatic rings. The van der Waals surface area contributed by atoms with Gasteiger partial charge in [-0.05, 0) is 62.4 Å². The molecule has 0 bridgehead atoms. The third kappa shape index (κ3) is 4.07. The van der Waals surface area contributed by atoms with E-state index in [1.54, 1.807) is 4.90 Å². The lowest BCUT2D eigenvalue weighted by atomic mass is 10.0. The molecule has 0 aliphatic carbocycles. The Morgan fingerprint density at radius 1 is 1.21 bits per heavy atom. The van der Waals surface area contributed by atoms with Crippen molar-refractivity contribution in [3.05, 3.63) is 46.9 Å². The van der Waals surface area contributed by atoms with Gasteiger partial charge in [-0.3, -0.25) is 14.7 Å². The fraction of sp³-hybridized carbons (Fsp3) is 0.304. The van der Waals surface area contributed by atoms with Crippen LogP contribution in [0, 0.1) is 12.3 Å². The van der Waals surface area contributed by atoms with Gasteiger partial charge in [-0.2, -0.15) is 0 Å². The molecule has 3 rings (SSSR count). The molecule has 0 saturated carbocycles. The van der Waals surface area contributed by atoms with Crippen LogP contribution in [-0.2, 0) is 4.79 Å². The van der Waals surface area contributed by atoms with Crippen molar-refractivity contribution < 1.29 is 9.53 Å². The zero-order chi connectivity index (χ0) is 20.3. The minimum absolute atomic E-state index is 0.0322. The van der Waals surface area contributed by atoms with E-state index in [0.717, 1.165) is 21.5 Å². The highest BCUT2D eigenvalue weighted by Gasteiger charge is 2.35. The molecule has 0 unspecified atom stereocenters. The van der Waals surface area contributed by atoms with Crippen LogP contribution in [0.4, 0.5) is 0 Å². The number of amidine groups is 1. The van der Waals surface area contributed by atoms with Crippen molar-refractivity contribution in [2.24, 2.45) is 4.99 Å². The number of thioether (sulfide) groups is 1. The first-order valence-corrected chi connectivity index (χ1v) is 10.1. The standard InChI is InChI=1S/C23H24N2O2S/c1-6-13-27-20-12-11-17-9-7-8-10-18(17)19(20)14-21-22(26)25(16(4)5)23(28-21)24-15(2)3/h1,7-12,14-16H,13H2,2-5H3/b21-14+,24-23?. The van der Waals surface area contributed by atoms with E-state index in [1.807, 2.05) is 70.2 Å². The summed E-state index contributed by atoms with van der Waals surface area (Å²) in [5.41, 5.74) is 0.860. The Kier molecular flexibility index (Phi) is 6.11. The van der Waals surface area contributed by atoms with Gasteiger partial charge in [-0.15, -0.1) is 6.42 Å². The van der Waals surface area contributed by atoms with Crippen LogP contribution in [0.1, 0.15) is 33.3 Å². The minimum atomic E-state index is -0.0322. The van der Waals surface area contributed by atoms with Gasteiger partial charge in [-0.25, -0.2) is 0 Å². The number of carbonyl (C=O) groups excluding carboxylic acids is 1. The fourth-order valence-electron chi connectivity index (χ4n) is 3.05. The Morgan fingerprint density at radius 3 is 2.64 bits per heavy atom. The first kappa shape index (κ1) is 20.0. The number of terminal acetylenes is 1. The smallest absolute Gasteiger partial charge is 0.266 e. The molecule has 1 heterocycles. The second-order valence-corrected chi connectivity index (χ2v) is 8.09. The summed E-state index contributed by atoms with van der Waals surface area (Å²) in [6, 6.07) is 12.1. The van der Waals surface area contributed by atoms with Crippen LogP contribution >= 0.6 is 11.8 Å². The number of hydrogen-bond donors (Lipinski definition) is 0. The molecular weight excluding hydrogens is 368 g/mol. The Bertz CT molecular complexity index is 999. The lowest BCUT2D eigenvalue weighted by Gasteiger charge is -2.20. The molecule has 0 radical (unpaired) electrons. The highest BCUT2D eigenvalue weighted by atomic mass is 32.2. The van der Waals surface area contributed by atoms with Gasteiger partial charge in [0.1, 0.15) is 12.4 Å². The summed E-state index contributed by atoms with van der Waals surface area (Å²) in [4.78, 5) is 20.1. The van der Waals surface area contributed by atoms with E-state index in [-0.39, 0.29) is 24.6 Å². The average Bonchev–Trinajstić information content (AvgIpc) is 2.95. The molecule has 1 fully saturated rings. The van der Waals surface area contributed by atoms with Crippen molar-refractivity contribution in [1.82, 2.24) is 4.90 Å². The van der Waals surface area contributed by atoms with Crippen LogP contribution in [-0.4, -0.2) is 34.7 Å². The van der Waals surface area contributed by atoms with E-state index >= 15 is 0 Å². The number of hydrogen-bond acceptors (Lipinski definition) is 4. The first-order valence-electron chi connectivity index (χ1n) is 9.31. The Hall–Kier alpha value is -2.71. The number of fused-ring (bicyclic) bond motifs is 1. The largest absolute Gasteiger partial charge is 0.480 e. The maximum Gasteiger partial charge on any atom is 0.266 e. The highest BCUT2D eigenvalue weighted by Crippen LogP contribution is 2.38. The number of ether oxygens (including phenoxy) is 1. The second kappa shape index (κ2) is 8.53. The predicted molar refractivity (Wildman–Crippen MR) is 118 cm³/mol. The van der Waals surface area contributed by atoms with Gasteiger partial charge >= 0.3 is 0 Å². The van der Waals surface area contributed by atoms with Gasteiger partial charge in [-0.1, -0.05) is 36.3 Å². The molecule has 0 aromatic heterocycles. The van der Waals surface area contributed by atoms with Crippen molar-refractivity contribution in [2.75, 3.05) is 6.61 Å². The van der Waals surface area contributed by atoms with Crippen LogP contribution < -0.4 is 4.74 Å². The molecule has 1 aliphatic rings. The van der Waals surface area contributed by atoms with E-state index in [9.17, 15) is 4.79 Å². The maximum atomic E-state index is 13.1. The Morgan fingerprint density at radius 2 is 1.96 bits per heavy atom. The van der Waals surface area contributed by atoms with Gasteiger partial charge in [0.15, 0.2) is 5.17 Å². The molecule has 1 amide bonds. The lowest BCUT2D eigenvalue weighted by Crippen LogP contribution is -2.35. The summed E-state index contributed by atoms with van der Waals surface area (Å²) in [6.45, 7) is 8.18. The highest BCUT2D eigenvalue weighted by molar-refractivity contribution is 8.18. The summed E-state index contributed by atoms with van der Waals surface area (Å²) in [6.07, 6.45) is 7.27. The SMILES string of the molecule is C#CCOc1ccc2ccccc2c1/C=C1/SC(=NC(C)C)N(C(C)C)C1=O. The van der Waals surface area contributed by atoms with Crippen LogP contribution in [0.5, 0.6) is 5.75 Å². The van der Waals surface area contributed by atoms with Crippen molar-refractivity contribution in [2.45, 2.75) is 39.8 Å². The molecule has 0 N–H and O–H groups in total. The van der Waals surface area contributed by atoms with E-state index < -0.39 is 0 Å². The zero-order valence-electron chi connectivity index (χ0n) is 16.6. The summed E-state index contributed by atoms with van der Waals surface area (Å²) < 4.78 is 5.76. The van der Waals surface area contributed by atoms with E-state index in [0.29, 0.717) is 10.7 Å². The fourth-order valence-corrected chi connectivity index (χ4v) is 4.27. The monoisotopic (exact) mass is 392 g/mol. The van der Waals surface area contributed by atoms with E-state index in [1.165, 1.54) is 11.8 Å². The summed E-state index contributed by atoms with van der Waals surface area (Å²) in [5, 5.41) is 2.84. The molecule has 0 atom stereocenters.